The van der Waals surface area contributed by atoms with Crippen LogP contribution in [-0.4, -0.2) is 30.6 Å². The fraction of sp³-hybridized carbons (Fsp3) is 0.167. The Morgan fingerprint density at radius 2 is 1.94 bits per heavy atom. The molecule has 8 heteroatoms. The molecule has 0 saturated carbocycles. The van der Waals surface area contributed by atoms with E-state index in [2.05, 4.69) is 5.32 Å². The lowest BCUT2D eigenvalue weighted by molar-refractivity contribution is 0.0600. The van der Waals surface area contributed by atoms with Gasteiger partial charge in [-0.2, -0.15) is 0 Å². The van der Waals surface area contributed by atoms with Gasteiger partial charge in [0.15, 0.2) is 0 Å². The van der Waals surface area contributed by atoms with Crippen LogP contribution in [0.15, 0.2) is 66.7 Å². The predicted octanol–water partition coefficient (Wildman–Crippen LogP) is 5.32. The normalized spacial score (nSPS) is 15.4. The molecule has 3 aromatic rings. The Morgan fingerprint density at radius 1 is 1.16 bits per heavy atom. The van der Waals surface area contributed by atoms with E-state index in [1.165, 1.54) is 25.3 Å². The minimum Gasteiger partial charge on any atom is -0.465 e. The number of esters is 1. The molecular weight excluding hydrogens is 435 g/mol. The fourth-order valence-electron chi connectivity index (χ4n) is 3.50. The highest BCUT2D eigenvalue weighted by Crippen LogP contribution is 2.31. The number of nitrogens with one attached hydrogen (secondary N) is 1. The van der Waals surface area contributed by atoms with Gasteiger partial charge in [0.1, 0.15) is 17.3 Å². The highest BCUT2D eigenvalue weighted by molar-refractivity contribution is 6.30. The maximum atomic E-state index is 13.9. The highest BCUT2D eigenvalue weighted by Gasteiger charge is 2.30. The van der Waals surface area contributed by atoms with Crippen LogP contribution in [0.4, 0.5) is 9.18 Å². The average Bonchev–Trinajstić information content (AvgIpc) is 3.17. The number of nitrogens with zero attached hydrogens (tertiary/aromatic N) is 1. The Hall–Kier alpha value is -3.58. The highest BCUT2D eigenvalue weighted by atomic mass is 35.5. The third-order valence-electron chi connectivity index (χ3n) is 5.16. The molecule has 1 aliphatic heterocycles. The zero-order chi connectivity index (χ0) is 22.7. The van der Waals surface area contributed by atoms with Gasteiger partial charge in [0.25, 0.3) is 0 Å². The Labute approximate surface area is 189 Å². The number of benzene rings is 3. The van der Waals surface area contributed by atoms with E-state index in [4.69, 9.17) is 21.1 Å². The van der Waals surface area contributed by atoms with Gasteiger partial charge in [-0.1, -0.05) is 48.0 Å². The Balaban J connectivity index is 1.60. The number of methoxy groups -OCH3 is 1. The Kier molecular flexibility index (Phi) is 6.28. The first-order valence-corrected chi connectivity index (χ1v) is 10.3. The predicted molar refractivity (Wildman–Crippen MR) is 117 cm³/mol. The molecule has 0 radical (unpaired) electrons. The molecule has 3 aromatic carbocycles. The van der Waals surface area contributed by atoms with Crippen molar-refractivity contribution in [1.29, 1.82) is 0 Å². The van der Waals surface area contributed by atoms with Crippen LogP contribution in [0.1, 0.15) is 27.5 Å². The molecule has 2 amide bonds. The van der Waals surface area contributed by atoms with Crippen molar-refractivity contribution in [3.63, 3.8) is 0 Å². The monoisotopic (exact) mass is 454 g/mol. The zero-order valence-corrected chi connectivity index (χ0v) is 17.9. The third-order valence-corrected chi connectivity index (χ3v) is 5.46. The average molecular weight is 455 g/mol. The number of halogens is 2. The van der Waals surface area contributed by atoms with Gasteiger partial charge in [-0.05, 0) is 29.8 Å². The van der Waals surface area contributed by atoms with E-state index in [9.17, 15) is 14.0 Å². The number of rotatable bonds is 6. The topological polar surface area (TPSA) is 67.9 Å². The van der Waals surface area contributed by atoms with Gasteiger partial charge in [0, 0.05) is 18.2 Å². The summed E-state index contributed by atoms with van der Waals surface area (Å²) in [5.74, 6) is -0.639. The van der Waals surface area contributed by atoms with Gasteiger partial charge in [-0.3, -0.25) is 0 Å². The van der Waals surface area contributed by atoms with Crippen molar-refractivity contribution in [1.82, 2.24) is 10.2 Å². The number of hydrogen-bond donors (Lipinski definition) is 1. The van der Waals surface area contributed by atoms with Crippen LogP contribution in [0.5, 0.6) is 11.5 Å². The number of urea groups is 1. The van der Waals surface area contributed by atoms with E-state index in [-0.39, 0.29) is 35.0 Å². The van der Waals surface area contributed by atoms with Crippen molar-refractivity contribution in [2.45, 2.75) is 12.6 Å². The van der Waals surface area contributed by atoms with Crippen LogP contribution in [0.25, 0.3) is 0 Å². The second kappa shape index (κ2) is 9.28. The van der Waals surface area contributed by atoms with Gasteiger partial charge in [0.05, 0.1) is 30.3 Å². The number of carbonyl (C=O) groups is 2. The van der Waals surface area contributed by atoms with Gasteiger partial charge in [-0.25, -0.2) is 14.0 Å². The molecule has 1 unspecified atom stereocenters. The molecule has 0 aliphatic carbocycles. The maximum absolute atomic E-state index is 13.9. The van der Waals surface area contributed by atoms with Crippen LogP contribution < -0.4 is 10.1 Å². The summed E-state index contributed by atoms with van der Waals surface area (Å²) in [7, 11) is 1.28. The molecule has 164 valence electrons. The first kappa shape index (κ1) is 21.6. The quantitative estimate of drug-likeness (QED) is 0.511. The molecule has 1 N–H and O–H groups in total. The standard InChI is InChI=1S/C24H20ClFN2O4/c1-31-23(29)16-7-8-17(22(11-16)32-18-9-10-19(25)20(26)12-18)13-28-14-21(27-24(28)30)15-5-3-2-4-6-15/h2-12,21H,13-14H2,1H3,(H,27,30). The van der Waals surface area contributed by atoms with Gasteiger partial charge >= 0.3 is 12.0 Å². The number of carbonyl (C=O) groups excluding carboxylic acids is 2. The summed E-state index contributed by atoms with van der Waals surface area (Å²) in [5, 5.41) is 2.94. The van der Waals surface area contributed by atoms with E-state index in [1.54, 1.807) is 17.0 Å². The summed E-state index contributed by atoms with van der Waals surface area (Å²) >= 11 is 5.75. The summed E-state index contributed by atoms with van der Waals surface area (Å²) < 4.78 is 24.5. The van der Waals surface area contributed by atoms with Crippen LogP contribution >= 0.6 is 11.6 Å². The smallest absolute Gasteiger partial charge is 0.337 e. The Morgan fingerprint density at radius 3 is 2.66 bits per heavy atom. The van der Waals surface area contributed by atoms with Crippen LogP contribution in [0.3, 0.4) is 0 Å². The molecule has 1 heterocycles. The van der Waals surface area contributed by atoms with Gasteiger partial charge < -0.3 is 19.7 Å². The molecule has 0 spiro atoms. The Bertz CT molecular complexity index is 1160. The lowest BCUT2D eigenvalue weighted by Gasteiger charge is -2.18. The van der Waals surface area contributed by atoms with E-state index in [0.717, 1.165) is 11.6 Å². The minimum absolute atomic E-state index is 0.0263. The zero-order valence-electron chi connectivity index (χ0n) is 17.2. The van der Waals surface area contributed by atoms with Crippen LogP contribution in [0.2, 0.25) is 5.02 Å². The van der Waals surface area contributed by atoms with Crippen molar-refractivity contribution in [3.05, 3.63) is 94.3 Å². The third kappa shape index (κ3) is 4.68. The van der Waals surface area contributed by atoms with E-state index >= 15 is 0 Å². The van der Waals surface area contributed by atoms with E-state index in [0.29, 0.717) is 17.9 Å². The largest absolute Gasteiger partial charge is 0.465 e. The fourth-order valence-corrected chi connectivity index (χ4v) is 3.62. The van der Waals surface area contributed by atoms with Crippen molar-refractivity contribution in [2.75, 3.05) is 13.7 Å². The lowest BCUT2D eigenvalue weighted by Crippen LogP contribution is -2.27. The molecule has 0 aromatic heterocycles. The van der Waals surface area contributed by atoms with Crippen molar-refractivity contribution in [2.24, 2.45) is 0 Å². The number of ether oxygens (including phenoxy) is 2. The summed E-state index contributed by atoms with van der Waals surface area (Å²) in [4.78, 5) is 26.2. The van der Waals surface area contributed by atoms with Crippen molar-refractivity contribution < 1.29 is 23.5 Å². The van der Waals surface area contributed by atoms with Crippen molar-refractivity contribution in [3.8, 4) is 11.5 Å². The first-order valence-electron chi connectivity index (χ1n) is 9.89. The minimum atomic E-state index is -0.625. The van der Waals surface area contributed by atoms with E-state index in [1.807, 2.05) is 30.3 Å². The van der Waals surface area contributed by atoms with Crippen LogP contribution in [-0.2, 0) is 11.3 Å². The molecule has 0 bridgehead atoms. The summed E-state index contributed by atoms with van der Waals surface area (Å²) in [5.41, 5.74) is 1.93. The SMILES string of the molecule is COC(=O)c1ccc(CN2CC(c3ccccc3)NC2=O)c(Oc2ccc(Cl)c(F)c2)c1. The van der Waals surface area contributed by atoms with Gasteiger partial charge in [0.2, 0.25) is 0 Å². The molecule has 1 aliphatic rings. The number of hydrogen-bond acceptors (Lipinski definition) is 4. The molecule has 4 rings (SSSR count). The first-order chi connectivity index (χ1) is 15.4. The lowest BCUT2D eigenvalue weighted by atomic mass is 10.1. The molecule has 1 fully saturated rings. The number of amides is 2. The van der Waals surface area contributed by atoms with Crippen LogP contribution in [0, 0.1) is 5.82 Å². The van der Waals surface area contributed by atoms with Crippen molar-refractivity contribution >= 4 is 23.6 Å². The molecule has 1 saturated heterocycles. The molecular formula is C24H20ClFN2O4. The molecule has 32 heavy (non-hydrogen) atoms. The second-order valence-corrected chi connectivity index (χ2v) is 7.69. The maximum Gasteiger partial charge on any atom is 0.337 e. The summed E-state index contributed by atoms with van der Waals surface area (Å²) in [6, 6.07) is 18.2. The second-order valence-electron chi connectivity index (χ2n) is 7.29. The summed E-state index contributed by atoms with van der Waals surface area (Å²) in [6.45, 7) is 0.707. The summed E-state index contributed by atoms with van der Waals surface area (Å²) in [6.07, 6.45) is 0. The molecule has 1 atom stereocenters. The van der Waals surface area contributed by atoms with E-state index < -0.39 is 11.8 Å². The molecule has 6 nitrogen and oxygen atoms in total. The van der Waals surface area contributed by atoms with Gasteiger partial charge in [-0.15, -0.1) is 0 Å².